The number of carbonyl (C=O) groups excluding carboxylic acids is 2. The number of aromatic carboxylic acids is 1. The van der Waals surface area contributed by atoms with Gasteiger partial charge in [-0.15, -0.1) is 0 Å². The Bertz CT molecular complexity index is 1960. The van der Waals surface area contributed by atoms with Crippen molar-refractivity contribution >= 4 is 57.8 Å². The minimum atomic E-state index is -5.29. The molecule has 2 amide bonds. The van der Waals surface area contributed by atoms with E-state index < -0.39 is 75.4 Å². The van der Waals surface area contributed by atoms with Gasteiger partial charge in [0.15, 0.2) is 0 Å². The number of amides is 2. The van der Waals surface area contributed by atoms with Gasteiger partial charge < -0.3 is 19.9 Å². The molecule has 2 N–H and O–H groups in total. The number of carboxylic acids is 1. The Morgan fingerprint density at radius 1 is 0.873 bits per heavy atom. The van der Waals surface area contributed by atoms with Crippen LogP contribution in [0.15, 0.2) is 59.5 Å². The van der Waals surface area contributed by atoms with Gasteiger partial charge in [-0.1, -0.05) is 24.0 Å². The summed E-state index contributed by atoms with van der Waals surface area (Å²) in [5.74, 6) is -3.45. The quantitative estimate of drug-likeness (QED) is 0.113. The first kappa shape index (κ1) is 41.5. The predicted octanol–water partition coefficient (Wildman–Crippen LogP) is 8.05. The number of ether oxygens (including phenoxy) is 2. The van der Waals surface area contributed by atoms with Crippen molar-refractivity contribution in [1.29, 1.82) is 0 Å². The van der Waals surface area contributed by atoms with Gasteiger partial charge in [-0.2, -0.15) is 39.5 Å². The molecule has 20 heteroatoms. The lowest BCUT2D eigenvalue weighted by molar-refractivity contribution is -0.143. The number of alkyl halides is 9. The molecule has 294 valence electrons. The van der Waals surface area contributed by atoms with Gasteiger partial charge >= 0.3 is 24.5 Å². The molecule has 0 atom stereocenters. The number of thioether (sulfide) groups is 1. The molecule has 9 nitrogen and oxygen atoms in total. The summed E-state index contributed by atoms with van der Waals surface area (Å²) in [7, 11) is 0. The van der Waals surface area contributed by atoms with E-state index in [0.29, 0.717) is 56.3 Å². The first-order valence-electron chi connectivity index (χ1n) is 16.1. The lowest BCUT2D eigenvalue weighted by atomic mass is 9.94. The van der Waals surface area contributed by atoms with Gasteiger partial charge in [0.2, 0.25) is 5.91 Å². The first-order valence-corrected chi connectivity index (χ1v) is 17.3. The molecule has 2 aliphatic rings. The molecule has 0 aromatic heterocycles. The SMILES string of the molecule is O=C(CCN1C(=O)/C(=C/c2cc(-c3cc(C(F)(F)F)cc(C(F)(F)F)c3)cc(C(F)(F)F)c2OCCN2CCOCC2)SC1=S)Nc1ccc(C(=O)O)cc1. The monoisotopic (exact) mass is 821 g/mol. The number of nitrogens with zero attached hydrogens (tertiary/aromatic N) is 2. The zero-order valence-corrected chi connectivity index (χ0v) is 29.7. The second-order valence-electron chi connectivity index (χ2n) is 12.1. The molecule has 2 fully saturated rings. The van der Waals surface area contributed by atoms with Crippen LogP contribution in [0.3, 0.4) is 0 Å². The smallest absolute Gasteiger partial charge is 0.420 e. The van der Waals surface area contributed by atoms with E-state index in [2.05, 4.69) is 5.32 Å². The number of carboxylic acid groups (broad SMARTS) is 1. The van der Waals surface area contributed by atoms with Crippen molar-refractivity contribution in [2.45, 2.75) is 24.9 Å². The Morgan fingerprint density at radius 2 is 1.47 bits per heavy atom. The fourth-order valence-electron chi connectivity index (χ4n) is 5.49. The van der Waals surface area contributed by atoms with Gasteiger partial charge in [0, 0.05) is 43.9 Å². The van der Waals surface area contributed by atoms with Crippen molar-refractivity contribution in [3.63, 3.8) is 0 Å². The standard InChI is InChI=1S/C35H28F9N3O6S2/c36-33(37,38)23-14-21(15-24(18-23)34(39,40)41)20-13-22(29(26(16-20)35(42,43)44)53-12-9-46-7-10-52-11-8-46)17-27-30(49)47(32(54)55-27)6-5-28(48)45-25-3-1-19(2-4-25)31(50)51/h1-4,13-18H,5-12H2,(H,45,48)(H,50,51)/b27-17-. The average molecular weight is 822 g/mol. The fraction of sp³-hybridized carbons (Fsp3) is 0.314. The Labute approximate surface area is 316 Å². The number of thiocarbonyl (C=S) groups is 1. The zero-order valence-electron chi connectivity index (χ0n) is 28.0. The molecule has 3 aromatic rings. The van der Waals surface area contributed by atoms with E-state index in [4.69, 9.17) is 26.8 Å². The summed E-state index contributed by atoms with van der Waals surface area (Å²) < 4.78 is 137. The normalized spacial score (nSPS) is 16.5. The number of halogens is 9. The molecule has 5 rings (SSSR count). The van der Waals surface area contributed by atoms with Crippen LogP contribution in [0.4, 0.5) is 45.2 Å². The number of rotatable bonds is 11. The molecule has 0 saturated carbocycles. The summed E-state index contributed by atoms with van der Waals surface area (Å²) in [4.78, 5) is 39.7. The van der Waals surface area contributed by atoms with Gasteiger partial charge in [-0.3, -0.25) is 19.4 Å². The van der Waals surface area contributed by atoms with Crippen molar-refractivity contribution in [2.75, 3.05) is 51.3 Å². The molecule has 0 aliphatic carbocycles. The van der Waals surface area contributed by atoms with Gasteiger partial charge in [0.05, 0.1) is 40.4 Å². The van der Waals surface area contributed by atoms with Crippen molar-refractivity contribution < 1.29 is 68.5 Å². The molecular weight excluding hydrogens is 794 g/mol. The van der Waals surface area contributed by atoms with Crippen LogP contribution in [0.5, 0.6) is 5.75 Å². The molecule has 0 unspecified atom stereocenters. The highest BCUT2D eigenvalue weighted by Crippen LogP contribution is 2.45. The molecular formula is C35H28F9N3O6S2. The number of benzene rings is 3. The summed E-state index contributed by atoms with van der Waals surface area (Å²) in [5.41, 5.74) is -6.79. The van der Waals surface area contributed by atoms with Gasteiger partial charge in [-0.05, 0) is 71.8 Å². The first-order chi connectivity index (χ1) is 25.7. The second kappa shape index (κ2) is 16.6. The summed E-state index contributed by atoms with van der Waals surface area (Å²) in [5, 5.41) is 11.6. The lowest BCUT2D eigenvalue weighted by Gasteiger charge is -2.27. The zero-order chi connectivity index (χ0) is 40.3. The van der Waals surface area contributed by atoms with E-state index in [9.17, 15) is 53.9 Å². The molecule has 2 aliphatic heterocycles. The highest BCUT2D eigenvalue weighted by Gasteiger charge is 2.40. The van der Waals surface area contributed by atoms with Crippen LogP contribution in [0.2, 0.25) is 0 Å². The number of nitrogens with one attached hydrogen (secondary N) is 1. The molecule has 0 bridgehead atoms. The highest BCUT2D eigenvalue weighted by atomic mass is 32.2. The van der Waals surface area contributed by atoms with Crippen LogP contribution < -0.4 is 10.1 Å². The Kier molecular flexibility index (Phi) is 12.5. The van der Waals surface area contributed by atoms with Gasteiger partial charge in [0.1, 0.15) is 16.7 Å². The van der Waals surface area contributed by atoms with Crippen molar-refractivity contribution in [3.8, 4) is 16.9 Å². The third-order valence-electron chi connectivity index (χ3n) is 8.24. The minimum absolute atomic E-state index is 0.0261. The molecule has 2 saturated heterocycles. The number of morpholine rings is 1. The topological polar surface area (TPSA) is 108 Å². The number of anilines is 1. The number of carbonyl (C=O) groups is 3. The maximum absolute atomic E-state index is 14.7. The van der Waals surface area contributed by atoms with Crippen molar-refractivity contribution in [2.24, 2.45) is 0 Å². The summed E-state index contributed by atoms with van der Waals surface area (Å²) in [6.45, 7) is 1.18. The molecule has 2 heterocycles. The highest BCUT2D eigenvalue weighted by molar-refractivity contribution is 8.26. The maximum atomic E-state index is 14.7. The molecule has 55 heavy (non-hydrogen) atoms. The van der Waals surface area contributed by atoms with Crippen LogP contribution in [0, 0.1) is 0 Å². The summed E-state index contributed by atoms with van der Waals surface area (Å²) in [6, 6.07) is 6.91. The van der Waals surface area contributed by atoms with Crippen LogP contribution in [-0.4, -0.2) is 83.0 Å². The van der Waals surface area contributed by atoms with E-state index in [1.807, 2.05) is 4.90 Å². The van der Waals surface area contributed by atoms with Crippen LogP contribution in [0.1, 0.15) is 39.0 Å². The third kappa shape index (κ3) is 10.6. The van der Waals surface area contributed by atoms with E-state index in [-0.39, 0.29) is 52.7 Å². The largest absolute Gasteiger partial charge is 0.491 e. The average Bonchev–Trinajstić information content (AvgIpc) is 3.37. The third-order valence-corrected chi connectivity index (χ3v) is 9.62. The number of hydrogen-bond donors (Lipinski definition) is 2. The molecule has 0 radical (unpaired) electrons. The Morgan fingerprint density at radius 3 is 2.04 bits per heavy atom. The fourth-order valence-corrected chi connectivity index (χ4v) is 6.79. The Hall–Kier alpha value is -4.66. The molecule has 3 aromatic carbocycles. The maximum Gasteiger partial charge on any atom is 0.420 e. The van der Waals surface area contributed by atoms with E-state index in [0.717, 1.165) is 17.0 Å². The van der Waals surface area contributed by atoms with Crippen molar-refractivity contribution in [3.05, 3.63) is 87.3 Å². The van der Waals surface area contributed by atoms with Gasteiger partial charge in [-0.25, -0.2) is 4.79 Å². The Balaban J connectivity index is 1.50. The summed E-state index contributed by atoms with van der Waals surface area (Å²) in [6.07, 6.45) is -15.2. The minimum Gasteiger partial charge on any atom is -0.491 e. The second-order valence-corrected chi connectivity index (χ2v) is 13.7. The van der Waals surface area contributed by atoms with Crippen molar-refractivity contribution in [1.82, 2.24) is 9.80 Å². The van der Waals surface area contributed by atoms with Gasteiger partial charge in [0.25, 0.3) is 5.91 Å². The van der Waals surface area contributed by atoms with Crippen LogP contribution in [-0.2, 0) is 32.9 Å². The van der Waals surface area contributed by atoms with Crippen LogP contribution in [0.25, 0.3) is 17.2 Å². The van der Waals surface area contributed by atoms with E-state index in [1.54, 1.807) is 0 Å². The molecule has 0 spiro atoms. The van der Waals surface area contributed by atoms with E-state index in [1.165, 1.54) is 24.3 Å². The summed E-state index contributed by atoms with van der Waals surface area (Å²) >= 11 is 5.94. The lowest BCUT2D eigenvalue weighted by Crippen LogP contribution is -2.38. The van der Waals surface area contributed by atoms with Crippen LogP contribution >= 0.6 is 24.0 Å². The number of hydrogen-bond acceptors (Lipinski definition) is 8. The predicted molar refractivity (Wildman–Crippen MR) is 186 cm³/mol. The van der Waals surface area contributed by atoms with E-state index >= 15 is 0 Å².